The van der Waals surface area contributed by atoms with Crippen LogP contribution in [0.5, 0.6) is 0 Å². The van der Waals surface area contributed by atoms with Gasteiger partial charge in [0.2, 0.25) is 5.95 Å². The number of rotatable bonds is 8. The normalized spacial score (nSPS) is 13.0. The van der Waals surface area contributed by atoms with Crippen LogP contribution in [0.1, 0.15) is 39.3 Å². The van der Waals surface area contributed by atoms with Gasteiger partial charge < -0.3 is 16.0 Å². The van der Waals surface area contributed by atoms with Crippen molar-refractivity contribution in [2.45, 2.75) is 39.8 Å². The molecule has 3 rings (SSSR count). The third-order valence-corrected chi connectivity index (χ3v) is 4.64. The molecule has 1 aromatic carbocycles. The minimum Gasteiger partial charge on any atom is -0.367 e. The average molecular weight is 395 g/mol. The fourth-order valence-corrected chi connectivity index (χ4v) is 2.57. The number of hydrogen-bond acceptors (Lipinski definition) is 7. The molecule has 0 aliphatic heterocycles. The van der Waals surface area contributed by atoms with Gasteiger partial charge in [0.25, 0.3) is 0 Å². The molecule has 7 nitrogen and oxygen atoms in total. The number of nitrogens with zero attached hydrogens (tertiary/aromatic N) is 4. The van der Waals surface area contributed by atoms with Crippen LogP contribution in [0.4, 0.5) is 27.8 Å². The van der Waals surface area contributed by atoms with Gasteiger partial charge in [-0.15, -0.1) is 0 Å². The summed E-state index contributed by atoms with van der Waals surface area (Å²) >= 11 is 0. The SMILES string of the molecule is CC(C)[C@H](C)Nc1cc(Nc2cnccn2)nc(N[C@@H](C)c2ccc(F)cc2)n1. The predicted octanol–water partition coefficient (Wildman–Crippen LogP) is 4.78. The fourth-order valence-electron chi connectivity index (χ4n) is 2.57. The van der Waals surface area contributed by atoms with Crippen LogP contribution in [0, 0.1) is 11.7 Å². The third kappa shape index (κ3) is 5.84. The first-order valence-electron chi connectivity index (χ1n) is 9.61. The molecule has 0 spiro atoms. The second-order valence-electron chi connectivity index (χ2n) is 7.27. The van der Waals surface area contributed by atoms with Gasteiger partial charge in [0, 0.05) is 24.5 Å². The number of hydrogen-bond donors (Lipinski definition) is 3. The van der Waals surface area contributed by atoms with E-state index < -0.39 is 0 Å². The minimum absolute atomic E-state index is 0.0993. The van der Waals surface area contributed by atoms with Crippen LogP contribution in [0.3, 0.4) is 0 Å². The molecule has 8 heteroatoms. The van der Waals surface area contributed by atoms with Crippen molar-refractivity contribution < 1.29 is 4.39 Å². The molecular formula is C21H26FN7. The Morgan fingerprint density at radius 1 is 0.862 bits per heavy atom. The van der Waals surface area contributed by atoms with Crippen molar-refractivity contribution in [3.63, 3.8) is 0 Å². The lowest BCUT2D eigenvalue weighted by atomic mass is 10.1. The molecule has 0 bridgehead atoms. The summed E-state index contributed by atoms with van der Waals surface area (Å²) in [5, 5.41) is 9.85. The molecule has 0 radical (unpaired) electrons. The molecular weight excluding hydrogens is 369 g/mol. The third-order valence-electron chi connectivity index (χ3n) is 4.64. The highest BCUT2D eigenvalue weighted by Gasteiger charge is 2.13. The van der Waals surface area contributed by atoms with Gasteiger partial charge in [0.1, 0.15) is 23.3 Å². The van der Waals surface area contributed by atoms with Gasteiger partial charge in [0.05, 0.1) is 12.2 Å². The molecule has 2 atom stereocenters. The zero-order valence-corrected chi connectivity index (χ0v) is 17.0. The fraction of sp³-hybridized carbons (Fsp3) is 0.333. The van der Waals surface area contributed by atoms with E-state index in [1.54, 1.807) is 30.7 Å². The maximum absolute atomic E-state index is 13.2. The number of anilines is 4. The highest BCUT2D eigenvalue weighted by atomic mass is 19.1. The molecule has 0 unspecified atom stereocenters. The van der Waals surface area contributed by atoms with E-state index in [-0.39, 0.29) is 17.9 Å². The van der Waals surface area contributed by atoms with Crippen molar-refractivity contribution in [3.05, 3.63) is 60.3 Å². The van der Waals surface area contributed by atoms with E-state index in [1.165, 1.54) is 12.1 Å². The van der Waals surface area contributed by atoms with Gasteiger partial charge >= 0.3 is 0 Å². The number of halogens is 1. The van der Waals surface area contributed by atoms with Gasteiger partial charge in [-0.2, -0.15) is 9.97 Å². The molecule has 0 aliphatic carbocycles. The Morgan fingerprint density at radius 2 is 1.59 bits per heavy atom. The Labute approximate surface area is 170 Å². The number of aromatic nitrogens is 4. The topological polar surface area (TPSA) is 87.7 Å². The molecule has 152 valence electrons. The Kier molecular flexibility index (Phi) is 6.54. The van der Waals surface area contributed by atoms with Crippen LogP contribution < -0.4 is 16.0 Å². The highest BCUT2D eigenvalue weighted by Crippen LogP contribution is 2.23. The molecule has 2 aromatic heterocycles. The van der Waals surface area contributed by atoms with E-state index in [0.717, 1.165) is 5.56 Å². The van der Waals surface area contributed by atoms with Crippen LogP contribution >= 0.6 is 0 Å². The maximum Gasteiger partial charge on any atom is 0.227 e. The van der Waals surface area contributed by atoms with Crippen molar-refractivity contribution in [1.82, 2.24) is 19.9 Å². The van der Waals surface area contributed by atoms with E-state index in [2.05, 4.69) is 56.7 Å². The summed E-state index contributed by atoms with van der Waals surface area (Å²) in [7, 11) is 0. The second-order valence-corrected chi connectivity index (χ2v) is 7.27. The van der Waals surface area contributed by atoms with Crippen LogP contribution in [-0.4, -0.2) is 26.0 Å². The van der Waals surface area contributed by atoms with Crippen LogP contribution in [0.15, 0.2) is 48.9 Å². The summed E-state index contributed by atoms with van der Waals surface area (Å²) in [5.74, 6) is 2.51. The summed E-state index contributed by atoms with van der Waals surface area (Å²) in [6.07, 6.45) is 4.85. The van der Waals surface area contributed by atoms with E-state index in [0.29, 0.717) is 29.3 Å². The Hall–Kier alpha value is -3.29. The smallest absolute Gasteiger partial charge is 0.227 e. The molecule has 0 saturated heterocycles. The lowest BCUT2D eigenvalue weighted by Gasteiger charge is -2.20. The molecule has 0 saturated carbocycles. The zero-order valence-electron chi connectivity index (χ0n) is 17.0. The standard InChI is InChI=1S/C21H26FN7/c1-13(2)14(3)25-18-11-19(27-20-12-23-9-10-24-20)29-21(28-18)26-15(4)16-5-7-17(22)8-6-16/h5-15H,1-4H3,(H3,24,25,26,27,28,29)/t14-,15-/m0/s1. The maximum atomic E-state index is 13.2. The van der Waals surface area contributed by atoms with Crippen molar-refractivity contribution in [1.29, 1.82) is 0 Å². The Bertz CT molecular complexity index is 916. The van der Waals surface area contributed by atoms with Gasteiger partial charge in [-0.05, 0) is 37.5 Å². The zero-order chi connectivity index (χ0) is 20.8. The van der Waals surface area contributed by atoms with Crippen molar-refractivity contribution in [3.8, 4) is 0 Å². The first-order chi connectivity index (χ1) is 13.9. The van der Waals surface area contributed by atoms with Crippen LogP contribution in [0.25, 0.3) is 0 Å². The van der Waals surface area contributed by atoms with Gasteiger partial charge in [-0.25, -0.2) is 9.37 Å². The molecule has 0 amide bonds. The summed E-state index contributed by atoms with van der Waals surface area (Å²) in [6.45, 7) is 8.38. The molecule has 3 N–H and O–H groups in total. The summed E-state index contributed by atoms with van der Waals surface area (Å²) in [5.41, 5.74) is 0.937. The lowest BCUT2D eigenvalue weighted by molar-refractivity contribution is 0.558. The predicted molar refractivity (Wildman–Crippen MR) is 114 cm³/mol. The molecule has 29 heavy (non-hydrogen) atoms. The highest BCUT2D eigenvalue weighted by molar-refractivity contribution is 5.58. The van der Waals surface area contributed by atoms with Crippen molar-refractivity contribution in [2.75, 3.05) is 16.0 Å². The molecule has 0 fully saturated rings. The van der Waals surface area contributed by atoms with Gasteiger partial charge in [-0.3, -0.25) is 4.98 Å². The quantitative estimate of drug-likeness (QED) is 0.506. The molecule has 2 heterocycles. The molecule has 3 aromatic rings. The van der Waals surface area contributed by atoms with E-state index in [9.17, 15) is 4.39 Å². The number of benzene rings is 1. The first kappa shape index (κ1) is 20.4. The monoisotopic (exact) mass is 395 g/mol. The van der Waals surface area contributed by atoms with Gasteiger partial charge in [0.15, 0.2) is 0 Å². The summed E-state index contributed by atoms with van der Waals surface area (Å²) in [6, 6.07) is 8.34. The molecule has 0 aliphatic rings. The summed E-state index contributed by atoms with van der Waals surface area (Å²) < 4.78 is 13.2. The Balaban J connectivity index is 1.85. The largest absolute Gasteiger partial charge is 0.367 e. The van der Waals surface area contributed by atoms with Gasteiger partial charge in [-0.1, -0.05) is 26.0 Å². The van der Waals surface area contributed by atoms with E-state index in [4.69, 9.17) is 0 Å². The van der Waals surface area contributed by atoms with Crippen LogP contribution in [0.2, 0.25) is 0 Å². The Morgan fingerprint density at radius 3 is 2.24 bits per heavy atom. The van der Waals surface area contributed by atoms with Crippen molar-refractivity contribution >= 4 is 23.4 Å². The number of nitrogens with one attached hydrogen (secondary N) is 3. The second kappa shape index (κ2) is 9.27. The summed E-state index contributed by atoms with van der Waals surface area (Å²) in [4.78, 5) is 17.4. The van der Waals surface area contributed by atoms with Crippen molar-refractivity contribution in [2.24, 2.45) is 5.92 Å². The van der Waals surface area contributed by atoms with E-state index >= 15 is 0 Å². The van der Waals surface area contributed by atoms with Crippen LogP contribution in [-0.2, 0) is 0 Å². The average Bonchev–Trinajstić information content (AvgIpc) is 2.69. The minimum atomic E-state index is -0.262. The first-order valence-corrected chi connectivity index (χ1v) is 9.61. The van der Waals surface area contributed by atoms with E-state index in [1.807, 2.05) is 13.0 Å². The lowest BCUT2D eigenvalue weighted by Crippen LogP contribution is -2.22.